The van der Waals surface area contributed by atoms with Crippen LogP contribution in [-0.2, 0) is 12.8 Å². The van der Waals surface area contributed by atoms with Crippen molar-refractivity contribution < 1.29 is 0 Å². The highest BCUT2D eigenvalue weighted by Gasteiger charge is 2.04. The third-order valence-corrected chi connectivity index (χ3v) is 3.05. The molecule has 0 fully saturated rings. The van der Waals surface area contributed by atoms with E-state index < -0.39 is 0 Å². The molecule has 0 radical (unpaired) electrons. The Labute approximate surface area is 86.7 Å². The van der Waals surface area contributed by atoms with Crippen LogP contribution >= 0.6 is 22.6 Å². The molecule has 2 N–H and O–H groups in total. The second kappa shape index (κ2) is 4.07. The molecule has 0 aliphatic heterocycles. The van der Waals surface area contributed by atoms with E-state index in [0.717, 1.165) is 33.5 Å². The predicted molar refractivity (Wildman–Crippen MR) is 60.1 cm³/mol. The summed E-state index contributed by atoms with van der Waals surface area (Å²) in [5.74, 6) is 0. The molecule has 0 saturated carbocycles. The number of rotatable bonds is 2. The summed E-state index contributed by atoms with van der Waals surface area (Å²) in [5, 5.41) is 0. The van der Waals surface area contributed by atoms with Crippen LogP contribution in [0.3, 0.4) is 0 Å². The predicted octanol–water partition coefficient (Wildman–Crippen LogP) is 2.39. The lowest BCUT2D eigenvalue weighted by Gasteiger charge is -2.06. The molecule has 2 nitrogen and oxygen atoms in total. The van der Waals surface area contributed by atoms with Gasteiger partial charge in [-0.05, 0) is 41.5 Å². The van der Waals surface area contributed by atoms with Crippen LogP contribution in [0, 0.1) is 3.57 Å². The minimum absolute atomic E-state index is 0.860. The Morgan fingerprint density at radius 2 is 2.08 bits per heavy atom. The molecular formula is C9H13IN2. The molecule has 3 heteroatoms. The number of nitrogen functional groups attached to an aromatic ring is 1. The van der Waals surface area contributed by atoms with E-state index in [2.05, 4.69) is 41.4 Å². The average Bonchev–Trinajstić information content (AvgIpc) is 2.09. The van der Waals surface area contributed by atoms with Crippen LogP contribution < -0.4 is 5.73 Å². The number of pyridine rings is 1. The molecule has 1 rings (SSSR count). The summed E-state index contributed by atoms with van der Waals surface area (Å²) in [6, 6.07) is 1.96. The summed E-state index contributed by atoms with van der Waals surface area (Å²) in [4.78, 5) is 4.48. The maximum absolute atomic E-state index is 5.83. The van der Waals surface area contributed by atoms with Crippen molar-refractivity contribution in [2.24, 2.45) is 0 Å². The molecule has 66 valence electrons. The Morgan fingerprint density at radius 3 is 2.58 bits per heavy atom. The van der Waals surface area contributed by atoms with Crippen LogP contribution in [0.1, 0.15) is 25.2 Å². The fourth-order valence-corrected chi connectivity index (χ4v) is 1.74. The Bertz CT molecular complexity index is 284. The molecule has 1 aromatic heterocycles. The number of halogens is 1. The number of hydrogen-bond acceptors (Lipinski definition) is 2. The van der Waals surface area contributed by atoms with Gasteiger partial charge in [0.1, 0.15) is 0 Å². The van der Waals surface area contributed by atoms with E-state index in [0.29, 0.717) is 0 Å². The van der Waals surface area contributed by atoms with Crippen molar-refractivity contribution in [3.63, 3.8) is 0 Å². The van der Waals surface area contributed by atoms with Crippen molar-refractivity contribution in [1.29, 1.82) is 0 Å². The second-order valence-corrected chi connectivity index (χ2v) is 3.75. The molecule has 0 amide bonds. The first kappa shape index (κ1) is 9.77. The van der Waals surface area contributed by atoms with Gasteiger partial charge in [0.25, 0.3) is 0 Å². The molecular weight excluding hydrogens is 263 g/mol. The fourth-order valence-electron chi connectivity index (χ4n) is 1.08. The van der Waals surface area contributed by atoms with Gasteiger partial charge >= 0.3 is 0 Å². The van der Waals surface area contributed by atoms with Crippen LogP contribution in [0.15, 0.2) is 6.07 Å². The van der Waals surface area contributed by atoms with Crippen molar-refractivity contribution in [1.82, 2.24) is 4.98 Å². The maximum atomic E-state index is 5.83. The molecule has 0 bridgehead atoms. The molecule has 0 unspecified atom stereocenters. The van der Waals surface area contributed by atoms with Gasteiger partial charge < -0.3 is 5.73 Å². The van der Waals surface area contributed by atoms with Gasteiger partial charge in [-0.3, -0.25) is 4.98 Å². The monoisotopic (exact) mass is 276 g/mol. The smallest absolute Gasteiger partial charge is 0.0575 e. The van der Waals surface area contributed by atoms with Gasteiger partial charge in [-0.25, -0.2) is 0 Å². The highest BCUT2D eigenvalue weighted by molar-refractivity contribution is 14.1. The third-order valence-electron chi connectivity index (χ3n) is 1.80. The summed E-state index contributed by atoms with van der Waals surface area (Å²) in [6.45, 7) is 4.19. The van der Waals surface area contributed by atoms with E-state index >= 15 is 0 Å². The average molecular weight is 276 g/mol. The number of nitrogens with two attached hydrogens (primary N) is 1. The largest absolute Gasteiger partial charge is 0.398 e. The van der Waals surface area contributed by atoms with Gasteiger partial charge in [-0.15, -0.1) is 0 Å². The SMILES string of the molecule is CCc1cc(N)c(I)c(CC)n1. The summed E-state index contributed by atoms with van der Waals surface area (Å²) in [6.07, 6.45) is 1.91. The van der Waals surface area contributed by atoms with Gasteiger partial charge in [-0.1, -0.05) is 13.8 Å². The molecule has 1 aromatic rings. The van der Waals surface area contributed by atoms with Crippen LogP contribution in [0.2, 0.25) is 0 Å². The van der Waals surface area contributed by atoms with E-state index in [4.69, 9.17) is 5.73 Å². The zero-order valence-corrected chi connectivity index (χ0v) is 9.55. The molecule has 0 aliphatic rings. The van der Waals surface area contributed by atoms with Crippen LogP contribution in [0.5, 0.6) is 0 Å². The van der Waals surface area contributed by atoms with E-state index in [1.165, 1.54) is 0 Å². The zero-order chi connectivity index (χ0) is 9.14. The van der Waals surface area contributed by atoms with Crippen LogP contribution in [0.4, 0.5) is 5.69 Å². The van der Waals surface area contributed by atoms with Gasteiger partial charge in [0, 0.05) is 11.4 Å². The highest BCUT2D eigenvalue weighted by Crippen LogP contribution is 2.19. The van der Waals surface area contributed by atoms with E-state index in [1.807, 2.05) is 6.07 Å². The van der Waals surface area contributed by atoms with Gasteiger partial charge in [0.2, 0.25) is 0 Å². The van der Waals surface area contributed by atoms with Crippen LogP contribution in [0.25, 0.3) is 0 Å². The van der Waals surface area contributed by atoms with E-state index in [1.54, 1.807) is 0 Å². The quantitative estimate of drug-likeness (QED) is 0.842. The molecule has 0 aromatic carbocycles. The lowest BCUT2D eigenvalue weighted by molar-refractivity contribution is 0.947. The van der Waals surface area contributed by atoms with Crippen molar-refractivity contribution in [3.8, 4) is 0 Å². The van der Waals surface area contributed by atoms with Gasteiger partial charge in [0.15, 0.2) is 0 Å². The Balaban J connectivity index is 3.19. The third kappa shape index (κ3) is 1.88. The lowest BCUT2D eigenvalue weighted by atomic mass is 10.2. The molecule has 12 heavy (non-hydrogen) atoms. The van der Waals surface area contributed by atoms with Crippen molar-refractivity contribution >= 4 is 28.3 Å². The second-order valence-electron chi connectivity index (χ2n) is 2.67. The fraction of sp³-hybridized carbons (Fsp3) is 0.444. The minimum atomic E-state index is 0.860. The lowest BCUT2D eigenvalue weighted by Crippen LogP contribution is -2.01. The first-order chi connectivity index (χ1) is 5.69. The summed E-state index contributed by atoms with van der Waals surface area (Å²) >= 11 is 2.25. The standard InChI is InChI=1S/C9H13IN2/c1-3-6-5-7(11)9(10)8(4-2)12-6/h5H,3-4H2,1-2H3,(H2,11,12). The molecule has 0 atom stereocenters. The Morgan fingerprint density at radius 1 is 1.42 bits per heavy atom. The molecule has 0 spiro atoms. The molecule has 0 saturated heterocycles. The highest BCUT2D eigenvalue weighted by atomic mass is 127. The Kier molecular flexibility index (Phi) is 3.31. The van der Waals surface area contributed by atoms with Crippen molar-refractivity contribution in [2.75, 3.05) is 5.73 Å². The van der Waals surface area contributed by atoms with E-state index in [-0.39, 0.29) is 0 Å². The normalized spacial score (nSPS) is 10.2. The van der Waals surface area contributed by atoms with Gasteiger partial charge in [0.05, 0.1) is 9.26 Å². The van der Waals surface area contributed by atoms with Crippen molar-refractivity contribution in [2.45, 2.75) is 26.7 Å². The number of hydrogen-bond donors (Lipinski definition) is 1. The topological polar surface area (TPSA) is 38.9 Å². The van der Waals surface area contributed by atoms with Crippen LogP contribution in [-0.4, -0.2) is 4.98 Å². The van der Waals surface area contributed by atoms with Gasteiger partial charge in [-0.2, -0.15) is 0 Å². The number of anilines is 1. The molecule has 0 aliphatic carbocycles. The molecule has 1 heterocycles. The zero-order valence-electron chi connectivity index (χ0n) is 7.39. The number of aryl methyl sites for hydroxylation is 2. The minimum Gasteiger partial charge on any atom is -0.398 e. The Hall–Kier alpha value is -0.320. The number of aromatic nitrogens is 1. The first-order valence-corrected chi connectivity index (χ1v) is 5.20. The summed E-state index contributed by atoms with van der Waals surface area (Å²) in [7, 11) is 0. The first-order valence-electron chi connectivity index (χ1n) is 4.12. The summed E-state index contributed by atoms with van der Waals surface area (Å²) in [5.41, 5.74) is 8.89. The van der Waals surface area contributed by atoms with E-state index in [9.17, 15) is 0 Å². The number of nitrogens with zero attached hydrogens (tertiary/aromatic N) is 1. The maximum Gasteiger partial charge on any atom is 0.0575 e. The summed E-state index contributed by atoms with van der Waals surface area (Å²) < 4.78 is 1.10. The van der Waals surface area contributed by atoms with Crippen molar-refractivity contribution in [3.05, 3.63) is 21.0 Å².